The summed E-state index contributed by atoms with van der Waals surface area (Å²) >= 11 is 0. The summed E-state index contributed by atoms with van der Waals surface area (Å²) in [5, 5.41) is 23.1. The second kappa shape index (κ2) is 65.9. The third kappa shape index (κ3) is 61.6. The Morgan fingerprint density at radius 1 is 0.355 bits per heavy atom. The molecule has 6 heteroatoms. The lowest BCUT2D eigenvalue weighted by Gasteiger charge is -2.20. The van der Waals surface area contributed by atoms with Gasteiger partial charge in [-0.15, -0.1) is 0 Å². The van der Waals surface area contributed by atoms with Gasteiger partial charge >= 0.3 is 5.97 Å². The van der Waals surface area contributed by atoms with Crippen LogP contribution in [0.2, 0.25) is 0 Å². The molecular formula is C70H135NO5. The number of rotatable bonds is 65. The number of aliphatic hydroxyl groups excluding tert-OH is 2. The van der Waals surface area contributed by atoms with Crippen LogP contribution in [0.25, 0.3) is 0 Å². The first-order chi connectivity index (χ1) is 37.5. The molecule has 450 valence electrons. The number of carbonyl (C=O) groups is 2. The van der Waals surface area contributed by atoms with Gasteiger partial charge in [-0.1, -0.05) is 340 Å². The molecule has 0 aliphatic heterocycles. The van der Waals surface area contributed by atoms with Crippen molar-refractivity contribution in [1.29, 1.82) is 0 Å². The molecule has 0 aromatic carbocycles. The first-order valence-corrected chi connectivity index (χ1v) is 34.6. The average Bonchev–Trinajstić information content (AvgIpc) is 3.42. The number of ether oxygens (including phenoxy) is 1. The van der Waals surface area contributed by atoms with Gasteiger partial charge in [0, 0.05) is 12.8 Å². The molecular weight excluding hydrogens is 935 g/mol. The molecule has 0 bridgehead atoms. The van der Waals surface area contributed by atoms with E-state index in [4.69, 9.17) is 4.74 Å². The standard InChI is InChI=1S/C70H135NO5/c1-3-5-7-9-11-13-15-39-43-46-50-54-58-62-68(73)67(66-72)71-69(74)63-59-55-51-47-44-40-37-35-33-31-29-27-25-23-21-19-17-16-18-20-22-24-26-28-30-32-34-36-38-41-45-49-53-57-61-65-76-70(75)64-60-56-52-48-42-14-12-10-8-6-4-2/h18,20,58,62,67-68,72-73H,3-17,19,21-57,59-61,63-66H2,1-2H3,(H,71,74)/b20-18-,62-58+. The molecule has 0 saturated carbocycles. The van der Waals surface area contributed by atoms with Crippen LogP contribution >= 0.6 is 0 Å². The Hall–Kier alpha value is -1.66. The van der Waals surface area contributed by atoms with Crippen molar-refractivity contribution in [2.75, 3.05) is 13.2 Å². The van der Waals surface area contributed by atoms with Gasteiger partial charge in [0.15, 0.2) is 0 Å². The number of carbonyl (C=O) groups excluding carboxylic acids is 2. The number of allylic oxidation sites excluding steroid dienone is 3. The number of hydrogen-bond acceptors (Lipinski definition) is 5. The van der Waals surface area contributed by atoms with E-state index in [1.165, 1.54) is 321 Å². The van der Waals surface area contributed by atoms with Crippen molar-refractivity contribution >= 4 is 11.9 Å². The minimum Gasteiger partial charge on any atom is -0.466 e. The van der Waals surface area contributed by atoms with Gasteiger partial charge in [-0.25, -0.2) is 0 Å². The van der Waals surface area contributed by atoms with Crippen LogP contribution in [0, 0.1) is 0 Å². The van der Waals surface area contributed by atoms with E-state index < -0.39 is 12.1 Å². The quantitative estimate of drug-likeness (QED) is 0.0320. The predicted molar refractivity (Wildman–Crippen MR) is 333 cm³/mol. The van der Waals surface area contributed by atoms with Gasteiger partial charge in [0.2, 0.25) is 5.91 Å². The zero-order valence-electron chi connectivity index (χ0n) is 51.5. The molecule has 0 aliphatic carbocycles. The molecule has 0 saturated heterocycles. The Balaban J connectivity index is 3.34. The van der Waals surface area contributed by atoms with Gasteiger partial charge in [0.25, 0.3) is 0 Å². The maximum absolute atomic E-state index is 12.5. The van der Waals surface area contributed by atoms with Crippen LogP contribution in [0.1, 0.15) is 386 Å². The van der Waals surface area contributed by atoms with Crippen LogP contribution in [0.5, 0.6) is 0 Å². The molecule has 0 heterocycles. The van der Waals surface area contributed by atoms with Gasteiger partial charge < -0.3 is 20.3 Å². The van der Waals surface area contributed by atoms with Crippen LogP contribution in [0.3, 0.4) is 0 Å². The summed E-state index contributed by atoms with van der Waals surface area (Å²) in [6.07, 6.45) is 82.7. The third-order valence-corrected chi connectivity index (χ3v) is 16.2. The van der Waals surface area contributed by atoms with E-state index in [1.807, 2.05) is 6.08 Å². The van der Waals surface area contributed by atoms with E-state index in [-0.39, 0.29) is 18.5 Å². The summed E-state index contributed by atoms with van der Waals surface area (Å²) in [6, 6.07) is -0.624. The minimum absolute atomic E-state index is 0.0201. The van der Waals surface area contributed by atoms with Crippen molar-refractivity contribution < 1.29 is 24.5 Å². The predicted octanol–water partition coefficient (Wildman–Crippen LogP) is 22.1. The second-order valence-electron chi connectivity index (χ2n) is 23.9. The molecule has 76 heavy (non-hydrogen) atoms. The monoisotopic (exact) mass is 1070 g/mol. The smallest absolute Gasteiger partial charge is 0.305 e. The molecule has 0 aromatic heterocycles. The van der Waals surface area contributed by atoms with Crippen LogP contribution in [0.4, 0.5) is 0 Å². The summed E-state index contributed by atoms with van der Waals surface area (Å²) < 4.78 is 5.48. The Labute approximate surface area is 475 Å². The van der Waals surface area contributed by atoms with Crippen molar-refractivity contribution in [2.24, 2.45) is 0 Å². The number of nitrogens with one attached hydrogen (secondary N) is 1. The summed E-state index contributed by atoms with van der Waals surface area (Å²) in [7, 11) is 0. The Morgan fingerprint density at radius 3 is 0.934 bits per heavy atom. The Morgan fingerprint density at radius 2 is 0.618 bits per heavy atom. The lowest BCUT2D eigenvalue weighted by atomic mass is 10.0. The van der Waals surface area contributed by atoms with E-state index in [2.05, 4.69) is 31.3 Å². The maximum atomic E-state index is 12.5. The largest absolute Gasteiger partial charge is 0.466 e. The number of hydrogen-bond donors (Lipinski definition) is 3. The van der Waals surface area contributed by atoms with Crippen molar-refractivity contribution in [3.8, 4) is 0 Å². The Bertz CT molecular complexity index is 1190. The van der Waals surface area contributed by atoms with Crippen LogP contribution in [-0.4, -0.2) is 47.4 Å². The van der Waals surface area contributed by atoms with E-state index >= 15 is 0 Å². The molecule has 0 fully saturated rings. The molecule has 6 nitrogen and oxygen atoms in total. The fourth-order valence-corrected chi connectivity index (χ4v) is 10.9. The van der Waals surface area contributed by atoms with Crippen LogP contribution in [0.15, 0.2) is 24.3 Å². The summed E-state index contributed by atoms with van der Waals surface area (Å²) in [6.45, 7) is 4.92. The van der Waals surface area contributed by atoms with E-state index in [9.17, 15) is 19.8 Å². The lowest BCUT2D eigenvalue weighted by molar-refractivity contribution is -0.143. The fourth-order valence-electron chi connectivity index (χ4n) is 10.9. The van der Waals surface area contributed by atoms with E-state index in [1.54, 1.807) is 6.08 Å². The van der Waals surface area contributed by atoms with Crippen molar-refractivity contribution in [3.63, 3.8) is 0 Å². The first-order valence-electron chi connectivity index (χ1n) is 34.6. The van der Waals surface area contributed by atoms with Gasteiger partial charge in [-0.05, 0) is 57.8 Å². The van der Waals surface area contributed by atoms with Gasteiger partial charge in [0.05, 0.1) is 25.4 Å². The van der Waals surface area contributed by atoms with Gasteiger partial charge in [0.1, 0.15) is 0 Å². The molecule has 0 spiro atoms. The number of aliphatic hydroxyl groups is 2. The van der Waals surface area contributed by atoms with Crippen molar-refractivity contribution in [2.45, 2.75) is 398 Å². The van der Waals surface area contributed by atoms with Crippen LogP contribution in [-0.2, 0) is 14.3 Å². The highest BCUT2D eigenvalue weighted by Crippen LogP contribution is 2.18. The van der Waals surface area contributed by atoms with Gasteiger partial charge in [-0.3, -0.25) is 9.59 Å². The molecule has 2 atom stereocenters. The first kappa shape index (κ1) is 74.3. The lowest BCUT2D eigenvalue weighted by Crippen LogP contribution is -2.45. The second-order valence-corrected chi connectivity index (χ2v) is 23.9. The number of esters is 1. The maximum Gasteiger partial charge on any atom is 0.305 e. The minimum atomic E-state index is -0.840. The van der Waals surface area contributed by atoms with Gasteiger partial charge in [-0.2, -0.15) is 0 Å². The highest BCUT2D eigenvalue weighted by Gasteiger charge is 2.18. The fraction of sp³-hybridized carbons (Fsp3) is 0.914. The molecule has 0 rings (SSSR count). The zero-order chi connectivity index (χ0) is 55.0. The number of unbranched alkanes of at least 4 members (excludes halogenated alkanes) is 52. The Kier molecular flexibility index (Phi) is 64.4. The normalized spacial score (nSPS) is 12.6. The molecule has 2 unspecified atom stereocenters. The molecule has 3 N–H and O–H groups in total. The van der Waals surface area contributed by atoms with Crippen molar-refractivity contribution in [3.05, 3.63) is 24.3 Å². The van der Waals surface area contributed by atoms with E-state index in [0.717, 1.165) is 38.5 Å². The average molecular weight is 1070 g/mol. The molecule has 0 aromatic rings. The highest BCUT2D eigenvalue weighted by atomic mass is 16.5. The third-order valence-electron chi connectivity index (χ3n) is 16.2. The zero-order valence-corrected chi connectivity index (χ0v) is 51.5. The van der Waals surface area contributed by atoms with E-state index in [0.29, 0.717) is 19.4 Å². The molecule has 0 aliphatic rings. The van der Waals surface area contributed by atoms with Crippen molar-refractivity contribution in [1.82, 2.24) is 5.32 Å². The summed E-state index contributed by atoms with van der Waals surface area (Å²) in [5.41, 5.74) is 0. The topological polar surface area (TPSA) is 95.9 Å². The highest BCUT2D eigenvalue weighted by molar-refractivity contribution is 5.76. The van der Waals surface area contributed by atoms with Crippen LogP contribution < -0.4 is 5.32 Å². The SMILES string of the molecule is CCCCCCCCCCCCC/C=C/C(O)C(CO)NC(=O)CCCCCCCCCCCCCCCCCCC/C=C\CCCCCCCCCCCCCCCCOC(=O)CCCCCCCCCCCCC. The number of amides is 1. The molecule has 1 amide bonds. The molecule has 0 radical (unpaired) electrons. The summed E-state index contributed by atoms with van der Waals surface area (Å²) in [4.78, 5) is 24.5. The summed E-state index contributed by atoms with van der Waals surface area (Å²) in [5.74, 6) is -0.0428.